The molecule has 2 aliphatic carbocycles. The van der Waals surface area contributed by atoms with Gasteiger partial charge in [-0.1, -0.05) is 23.2 Å². The lowest BCUT2D eigenvalue weighted by Gasteiger charge is -2.14. The van der Waals surface area contributed by atoms with Gasteiger partial charge in [-0.25, -0.2) is 9.97 Å². The molecule has 1 heterocycles. The van der Waals surface area contributed by atoms with Crippen LogP contribution in [0.15, 0.2) is 36.4 Å². The van der Waals surface area contributed by atoms with E-state index >= 15 is 0 Å². The third-order valence-corrected chi connectivity index (χ3v) is 5.92. The minimum Gasteiger partial charge on any atom is -0.321 e. The monoisotopic (exact) mass is 383 g/mol. The maximum Gasteiger partial charge on any atom is 0.255 e. The molecule has 5 rings (SSSR count). The fourth-order valence-corrected chi connectivity index (χ4v) is 4.54. The second kappa shape index (κ2) is 5.93. The predicted octanol–water partition coefficient (Wildman–Crippen LogP) is 5.55. The second-order valence-corrected chi connectivity index (χ2v) is 7.83. The van der Waals surface area contributed by atoms with Crippen molar-refractivity contribution in [2.75, 3.05) is 5.32 Å². The van der Waals surface area contributed by atoms with Gasteiger partial charge in [-0.3, -0.25) is 4.79 Å². The number of fused-ring (bicyclic) bond motifs is 6. The molecule has 1 saturated carbocycles. The molecular weight excluding hydrogens is 369 g/mol. The summed E-state index contributed by atoms with van der Waals surface area (Å²) in [5, 5.41) is 3.75. The number of anilines is 1. The molecule has 0 saturated heterocycles. The Kier molecular flexibility index (Phi) is 3.66. The lowest BCUT2D eigenvalue weighted by molar-refractivity contribution is 0.102. The Morgan fingerprint density at radius 2 is 1.69 bits per heavy atom. The van der Waals surface area contributed by atoms with E-state index in [9.17, 15) is 4.79 Å². The van der Waals surface area contributed by atoms with Gasteiger partial charge in [0.2, 0.25) is 0 Å². The third kappa shape index (κ3) is 2.56. The smallest absolute Gasteiger partial charge is 0.255 e. The average molecular weight is 384 g/mol. The molecule has 2 bridgehead atoms. The van der Waals surface area contributed by atoms with Gasteiger partial charge in [0, 0.05) is 22.4 Å². The zero-order chi connectivity index (χ0) is 17.8. The Bertz CT molecular complexity index is 1070. The van der Waals surface area contributed by atoms with Crippen LogP contribution in [0, 0.1) is 0 Å². The van der Waals surface area contributed by atoms with Crippen molar-refractivity contribution >= 4 is 45.8 Å². The van der Waals surface area contributed by atoms with Crippen LogP contribution in [0.4, 0.5) is 5.69 Å². The first-order valence-electron chi connectivity index (χ1n) is 8.66. The quantitative estimate of drug-likeness (QED) is 0.630. The van der Waals surface area contributed by atoms with Crippen molar-refractivity contribution in [3.8, 4) is 0 Å². The summed E-state index contributed by atoms with van der Waals surface area (Å²) < 4.78 is 0. The highest BCUT2D eigenvalue weighted by atomic mass is 35.5. The molecule has 1 N–H and O–H groups in total. The van der Waals surface area contributed by atoms with Crippen LogP contribution in [-0.2, 0) is 0 Å². The van der Waals surface area contributed by atoms with Crippen molar-refractivity contribution in [1.29, 1.82) is 0 Å². The molecule has 0 radical (unpaired) electrons. The van der Waals surface area contributed by atoms with Crippen molar-refractivity contribution in [2.24, 2.45) is 0 Å². The zero-order valence-corrected chi connectivity index (χ0v) is 15.3. The molecule has 130 valence electrons. The van der Waals surface area contributed by atoms with Gasteiger partial charge in [0.25, 0.3) is 5.91 Å². The highest BCUT2D eigenvalue weighted by Gasteiger charge is 2.39. The summed E-state index contributed by atoms with van der Waals surface area (Å²) in [6.07, 6.45) is 3.60. The Hall–Kier alpha value is -2.17. The minimum absolute atomic E-state index is 0.236. The molecule has 2 aliphatic rings. The zero-order valence-electron chi connectivity index (χ0n) is 13.8. The SMILES string of the molecule is O=C(Nc1ccc(Cl)cc1Cl)c1ccc2nc3c(nc2c1)C1CCC3C1. The number of hydrogen-bond acceptors (Lipinski definition) is 3. The van der Waals surface area contributed by atoms with Gasteiger partial charge in [-0.2, -0.15) is 0 Å². The molecule has 1 aromatic heterocycles. The Morgan fingerprint density at radius 1 is 0.962 bits per heavy atom. The normalized spacial score (nSPS) is 20.4. The van der Waals surface area contributed by atoms with Crippen LogP contribution in [0.5, 0.6) is 0 Å². The summed E-state index contributed by atoms with van der Waals surface area (Å²) in [5.74, 6) is 0.874. The third-order valence-electron chi connectivity index (χ3n) is 5.37. The van der Waals surface area contributed by atoms with Crippen LogP contribution in [0.3, 0.4) is 0 Å². The van der Waals surface area contributed by atoms with E-state index in [1.807, 2.05) is 6.07 Å². The topological polar surface area (TPSA) is 54.9 Å². The van der Waals surface area contributed by atoms with Gasteiger partial charge < -0.3 is 5.32 Å². The molecule has 6 heteroatoms. The number of aromatic nitrogens is 2. The van der Waals surface area contributed by atoms with Crippen LogP contribution >= 0.6 is 23.2 Å². The summed E-state index contributed by atoms with van der Waals surface area (Å²) in [6, 6.07) is 10.4. The highest BCUT2D eigenvalue weighted by molar-refractivity contribution is 6.36. The largest absolute Gasteiger partial charge is 0.321 e. The predicted molar refractivity (Wildman–Crippen MR) is 103 cm³/mol. The number of carbonyl (C=O) groups is 1. The molecule has 2 atom stereocenters. The fourth-order valence-electron chi connectivity index (χ4n) is 4.09. The number of amides is 1. The van der Waals surface area contributed by atoms with E-state index in [2.05, 4.69) is 5.32 Å². The van der Waals surface area contributed by atoms with Crippen LogP contribution in [0.1, 0.15) is 52.8 Å². The molecule has 0 aliphatic heterocycles. The van der Waals surface area contributed by atoms with Crippen LogP contribution in [0.25, 0.3) is 11.0 Å². The molecule has 26 heavy (non-hydrogen) atoms. The summed E-state index contributed by atoms with van der Waals surface area (Å²) in [4.78, 5) is 22.3. The second-order valence-electron chi connectivity index (χ2n) is 6.98. The van der Waals surface area contributed by atoms with Crippen molar-refractivity contribution in [3.63, 3.8) is 0 Å². The molecule has 4 nitrogen and oxygen atoms in total. The fraction of sp³-hybridized carbons (Fsp3) is 0.250. The van der Waals surface area contributed by atoms with Gasteiger partial charge in [0.05, 0.1) is 33.1 Å². The first-order chi connectivity index (χ1) is 12.6. The lowest BCUT2D eigenvalue weighted by atomic mass is 10.00. The number of halogens is 2. The number of nitrogens with one attached hydrogen (secondary N) is 1. The van der Waals surface area contributed by atoms with E-state index in [4.69, 9.17) is 33.2 Å². The number of benzene rings is 2. The van der Waals surface area contributed by atoms with Gasteiger partial charge >= 0.3 is 0 Å². The van der Waals surface area contributed by atoms with Crippen LogP contribution in [0.2, 0.25) is 10.0 Å². The number of rotatable bonds is 2. The molecule has 1 fully saturated rings. The number of hydrogen-bond donors (Lipinski definition) is 1. The molecule has 3 aromatic rings. The van der Waals surface area contributed by atoms with Gasteiger partial charge in [0.15, 0.2) is 0 Å². The minimum atomic E-state index is -0.236. The molecule has 0 spiro atoms. The van der Waals surface area contributed by atoms with E-state index in [-0.39, 0.29) is 5.91 Å². The summed E-state index contributed by atoms with van der Waals surface area (Å²) >= 11 is 12.0. The summed E-state index contributed by atoms with van der Waals surface area (Å²) in [6.45, 7) is 0. The van der Waals surface area contributed by atoms with Gasteiger partial charge in [0.1, 0.15) is 0 Å². The van der Waals surface area contributed by atoms with Crippen molar-refractivity contribution in [1.82, 2.24) is 9.97 Å². The highest BCUT2D eigenvalue weighted by Crippen LogP contribution is 2.51. The van der Waals surface area contributed by atoms with Crippen molar-refractivity contribution < 1.29 is 4.79 Å². The first kappa shape index (κ1) is 16.0. The van der Waals surface area contributed by atoms with E-state index in [0.717, 1.165) is 16.7 Å². The van der Waals surface area contributed by atoms with E-state index in [1.54, 1.807) is 30.3 Å². The summed E-state index contributed by atoms with van der Waals surface area (Å²) in [7, 11) is 0. The van der Waals surface area contributed by atoms with E-state index in [1.165, 1.54) is 25.0 Å². The molecule has 2 aromatic carbocycles. The molecular formula is C20H15Cl2N3O. The number of carbonyl (C=O) groups excluding carboxylic acids is 1. The van der Waals surface area contributed by atoms with Crippen LogP contribution < -0.4 is 5.32 Å². The maximum absolute atomic E-state index is 12.6. The Morgan fingerprint density at radius 3 is 2.42 bits per heavy atom. The summed E-state index contributed by atoms with van der Waals surface area (Å²) in [5.41, 5.74) is 4.97. The van der Waals surface area contributed by atoms with E-state index < -0.39 is 0 Å². The van der Waals surface area contributed by atoms with E-state index in [0.29, 0.717) is 33.1 Å². The van der Waals surface area contributed by atoms with Crippen molar-refractivity contribution in [3.05, 3.63) is 63.4 Å². The Labute approximate surface area is 160 Å². The molecule has 2 unspecified atom stereocenters. The lowest BCUT2D eigenvalue weighted by Crippen LogP contribution is -2.12. The Balaban J connectivity index is 1.48. The number of nitrogens with zero attached hydrogens (tertiary/aromatic N) is 2. The average Bonchev–Trinajstić information content (AvgIpc) is 3.24. The van der Waals surface area contributed by atoms with Crippen molar-refractivity contribution in [2.45, 2.75) is 31.1 Å². The van der Waals surface area contributed by atoms with Crippen LogP contribution in [-0.4, -0.2) is 15.9 Å². The van der Waals surface area contributed by atoms with Gasteiger partial charge in [-0.15, -0.1) is 0 Å². The first-order valence-corrected chi connectivity index (χ1v) is 9.42. The standard InChI is InChI=1S/C20H15Cl2N3O/c21-13-4-6-15(14(22)9-13)25-20(26)12-3-5-16-17(8-12)24-19-11-2-1-10(7-11)18(19)23-16/h3-6,8-11H,1-2,7H2,(H,25,26). The maximum atomic E-state index is 12.6. The van der Waals surface area contributed by atoms with Gasteiger partial charge in [-0.05, 0) is 55.7 Å². The molecule has 1 amide bonds.